The smallest absolute Gasteiger partial charge is 0.262 e. The number of amides is 1. The molecule has 1 aliphatic rings. The molecule has 1 aliphatic heterocycles. The van der Waals surface area contributed by atoms with Gasteiger partial charge in [-0.2, -0.15) is 10.4 Å². The molecule has 178 valence electrons. The van der Waals surface area contributed by atoms with Crippen LogP contribution in [0.3, 0.4) is 0 Å². The van der Waals surface area contributed by atoms with E-state index in [1.807, 2.05) is 59.4 Å². The van der Waals surface area contributed by atoms with Gasteiger partial charge in [0.25, 0.3) is 5.91 Å². The Kier molecular flexibility index (Phi) is 6.23. The molecule has 5 rings (SSSR count). The molecule has 1 aromatic heterocycles. The van der Waals surface area contributed by atoms with Crippen LogP contribution >= 0.6 is 11.3 Å². The van der Waals surface area contributed by atoms with Crippen LogP contribution in [0.4, 0.5) is 11.4 Å². The van der Waals surface area contributed by atoms with Gasteiger partial charge in [-0.3, -0.25) is 4.79 Å². The quantitative estimate of drug-likeness (QED) is 0.378. The molecule has 8 heteroatoms. The molecule has 1 amide bonds. The maximum Gasteiger partial charge on any atom is 0.262 e. The number of ether oxygens (including phenoxy) is 1. The lowest BCUT2D eigenvalue weighted by atomic mass is 10.1. The summed E-state index contributed by atoms with van der Waals surface area (Å²) in [6.45, 7) is 6.07. The Morgan fingerprint density at radius 1 is 1.14 bits per heavy atom. The van der Waals surface area contributed by atoms with Gasteiger partial charge in [-0.25, -0.2) is 9.67 Å². The highest BCUT2D eigenvalue weighted by molar-refractivity contribution is 7.07. The molecule has 0 spiro atoms. The van der Waals surface area contributed by atoms with Crippen molar-refractivity contribution >= 4 is 34.3 Å². The number of nitrogens with zero attached hydrogens (tertiary/aromatic N) is 4. The third-order valence-electron chi connectivity index (χ3n) is 6.07. The normalized spacial score (nSPS) is 13.6. The number of aryl methyl sites for hydroxylation is 1. The number of anilines is 1. The molecule has 0 radical (unpaired) electrons. The number of carbonyl (C=O) groups is 1. The van der Waals surface area contributed by atoms with Crippen LogP contribution in [0.1, 0.15) is 29.2 Å². The highest BCUT2D eigenvalue weighted by Crippen LogP contribution is 2.33. The van der Waals surface area contributed by atoms with Crippen LogP contribution in [0.15, 0.2) is 76.1 Å². The minimum absolute atomic E-state index is 0.0117. The van der Waals surface area contributed by atoms with Crippen LogP contribution in [0, 0.1) is 25.2 Å². The molecule has 0 bridgehead atoms. The second kappa shape index (κ2) is 9.64. The summed E-state index contributed by atoms with van der Waals surface area (Å²) >= 11 is 1.49. The number of nitriles is 1. The zero-order chi connectivity index (χ0) is 25.2. The van der Waals surface area contributed by atoms with Gasteiger partial charge in [0.15, 0.2) is 6.61 Å². The molecular weight excluding hydrogens is 470 g/mol. The standard InChI is InChI=1S/C28H23N5O2S/c1-17-5-4-6-23(18(17)2)31-28-33(32-19(3)21-9-7-20(14-29)8-10-21)25(16-36-28)22-11-12-26-24(13-22)30-27(34)15-35-26/h4-13,16H,15H2,1-3H3,(H,30,34). The van der Waals surface area contributed by atoms with Gasteiger partial charge in [0.2, 0.25) is 4.80 Å². The fourth-order valence-electron chi connectivity index (χ4n) is 3.87. The minimum Gasteiger partial charge on any atom is -0.482 e. The number of fused-ring (bicyclic) bond motifs is 1. The van der Waals surface area contributed by atoms with Crippen LogP contribution in [-0.4, -0.2) is 22.9 Å². The monoisotopic (exact) mass is 493 g/mol. The fourth-order valence-corrected chi connectivity index (χ4v) is 4.71. The summed E-state index contributed by atoms with van der Waals surface area (Å²) in [5, 5.41) is 18.9. The number of rotatable bonds is 4. The van der Waals surface area contributed by atoms with Crippen molar-refractivity contribution in [1.29, 1.82) is 5.26 Å². The lowest BCUT2D eigenvalue weighted by molar-refractivity contribution is -0.118. The average molecular weight is 494 g/mol. The van der Waals surface area contributed by atoms with Crippen molar-refractivity contribution in [3.8, 4) is 23.1 Å². The summed E-state index contributed by atoms with van der Waals surface area (Å²) in [6, 6.07) is 21.2. The fraction of sp³-hybridized carbons (Fsp3) is 0.143. The molecule has 0 atom stereocenters. The molecule has 0 unspecified atom stereocenters. The Labute approximate surface area is 212 Å². The Morgan fingerprint density at radius 3 is 2.72 bits per heavy atom. The SMILES string of the molecule is CC(=Nn1c(-c2ccc3c(c2)NC(=O)CO3)csc1=Nc1cccc(C)c1C)c1ccc(C#N)cc1. The molecule has 7 nitrogen and oxygen atoms in total. The predicted molar refractivity (Wildman–Crippen MR) is 142 cm³/mol. The van der Waals surface area contributed by atoms with E-state index in [9.17, 15) is 4.79 Å². The zero-order valence-corrected chi connectivity index (χ0v) is 20.9. The predicted octanol–water partition coefficient (Wildman–Crippen LogP) is 5.54. The molecule has 3 aromatic carbocycles. The highest BCUT2D eigenvalue weighted by Gasteiger charge is 2.18. The molecule has 0 saturated heterocycles. The summed E-state index contributed by atoms with van der Waals surface area (Å²) in [5.41, 5.74) is 7.77. The number of carbonyl (C=O) groups excluding carboxylic acids is 1. The number of hydrogen-bond acceptors (Lipinski definition) is 6. The van der Waals surface area contributed by atoms with E-state index in [1.54, 1.807) is 12.1 Å². The second-order valence-corrected chi connectivity index (χ2v) is 9.31. The largest absolute Gasteiger partial charge is 0.482 e. The summed E-state index contributed by atoms with van der Waals surface area (Å²) in [4.78, 5) is 17.5. The third kappa shape index (κ3) is 4.57. The van der Waals surface area contributed by atoms with Crippen LogP contribution in [0.5, 0.6) is 5.75 Å². The number of hydrogen-bond donors (Lipinski definition) is 1. The van der Waals surface area contributed by atoms with Gasteiger partial charge in [0, 0.05) is 10.9 Å². The summed E-state index contributed by atoms with van der Waals surface area (Å²) in [5.74, 6) is 0.454. The molecule has 2 heterocycles. The van der Waals surface area contributed by atoms with Crippen molar-refractivity contribution in [3.05, 3.63) is 93.1 Å². The van der Waals surface area contributed by atoms with Gasteiger partial charge >= 0.3 is 0 Å². The van der Waals surface area contributed by atoms with E-state index in [4.69, 9.17) is 20.1 Å². The van der Waals surface area contributed by atoms with E-state index in [1.165, 1.54) is 16.9 Å². The minimum atomic E-state index is -0.182. The average Bonchev–Trinajstić information content (AvgIpc) is 3.28. The number of aromatic nitrogens is 1. The van der Waals surface area contributed by atoms with Gasteiger partial charge in [-0.05, 0) is 73.9 Å². The summed E-state index contributed by atoms with van der Waals surface area (Å²) < 4.78 is 7.35. The van der Waals surface area contributed by atoms with Gasteiger partial charge in [0.05, 0.1) is 34.4 Å². The Balaban J connectivity index is 1.68. The molecular formula is C28H23N5O2S. The molecule has 36 heavy (non-hydrogen) atoms. The van der Waals surface area contributed by atoms with Crippen molar-refractivity contribution < 1.29 is 9.53 Å². The summed E-state index contributed by atoms with van der Waals surface area (Å²) in [6.07, 6.45) is 0. The Morgan fingerprint density at radius 2 is 1.94 bits per heavy atom. The Bertz CT molecular complexity index is 1620. The van der Waals surface area contributed by atoms with Gasteiger partial charge in [-0.1, -0.05) is 24.3 Å². The van der Waals surface area contributed by atoms with Crippen LogP contribution in [-0.2, 0) is 4.79 Å². The molecule has 1 N–H and O–H groups in total. The van der Waals surface area contributed by atoms with Crippen LogP contribution in [0.25, 0.3) is 11.3 Å². The summed E-state index contributed by atoms with van der Waals surface area (Å²) in [7, 11) is 0. The van der Waals surface area contributed by atoms with E-state index < -0.39 is 0 Å². The first-order valence-corrected chi connectivity index (χ1v) is 12.3. The van der Waals surface area contributed by atoms with E-state index in [2.05, 4.69) is 31.3 Å². The lowest BCUT2D eigenvalue weighted by Crippen LogP contribution is -2.25. The maximum atomic E-state index is 11.9. The maximum absolute atomic E-state index is 11.9. The van der Waals surface area contributed by atoms with E-state index >= 15 is 0 Å². The first-order valence-electron chi connectivity index (χ1n) is 11.4. The van der Waals surface area contributed by atoms with Crippen molar-refractivity contribution in [1.82, 2.24) is 4.68 Å². The third-order valence-corrected chi connectivity index (χ3v) is 6.88. The first kappa shape index (κ1) is 23.3. The van der Waals surface area contributed by atoms with Crippen molar-refractivity contribution in [3.63, 3.8) is 0 Å². The van der Waals surface area contributed by atoms with Crippen molar-refractivity contribution in [2.45, 2.75) is 20.8 Å². The molecule has 0 fully saturated rings. The number of benzene rings is 3. The van der Waals surface area contributed by atoms with Crippen molar-refractivity contribution in [2.24, 2.45) is 10.1 Å². The van der Waals surface area contributed by atoms with Crippen LogP contribution in [0.2, 0.25) is 0 Å². The van der Waals surface area contributed by atoms with Gasteiger partial charge < -0.3 is 10.1 Å². The van der Waals surface area contributed by atoms with E-state index in [-0.39, 0.29) is 12.5 Å². The van der Waals surface area contributed by atoms with Crippen LogP contribution < -0.4 is 14.9 Å². The zero-order valence-electron chi connectivity index (χ0n) is 20.1. The first-order chi connectivity index (χ1) is 17.4. The molecule has 4 aromatic rings. The molecule has 0 aliphatic carbocycles. The van der Waals surface area contributed by atoms with Gasteiger partial charge in [-0.15, -0.1) is 11.3 Å². The number of nitrogens with one attached hydrogen (secondary N) is 1. The van der Waals surface area contributed by atoms with E-state index in [0.29, 0.717) is 21.8 Å². The van der Waals surface area contributed by atoms with E-state index in [0.717, 1.165) is 33.8 Å². The topological polar surface area (TPSA) is 91.8 Å². The highest BCUT2D eigenvalue weighted by atomic mass is 32.1. The van der Waals surface area contributed by atoms with Crippen molar-refractivity contribution in [2.75, 3.05) is 11.9 Å². The van der Waals surface area contributed by atoms with Gasteiger partial charge in [0.1, 0.15) is 5.75 Å². The number of thiazole rings is 1. The Hall–Kier alpha value is -4.48. The second-order valence-electron chi connectivity index (χ2n) is 8.47. The molecule has 0 saturated carbocycles. The lowest BCUT2D eigenvalue weighted by Gasteiger charge is -2.18.